The van der Waals surface area contributed by atoms with Gasteiger partial charge in [-0.3, -0.25) is 10.1 Å². The molecule has 1 amide bonds. The van der Waals surface area contributed by atoms with E-state index >= 15 is 0 Å². The first-order chi connectivity index (χ1) is 11.1. The molecule has 8 heteroatoms. The minimum Gasteiger partial charge on any atom is -0.496 e. The van der Waals surface area contributed by atoms with Gasteiger partial charge in [-0.05, 0) is 49.1 Å². The van der Waals surface area contributed by atoms with E-state index in [0.717, 1.165) is 34.1 Å². The van der Waals surface area contributed by atoms with Crippen molar-refractivity contribution in [3.05, 3.63) is 39.7 Å². The quantitative estimate of drug-likeness (QED) is 0.782. The summed E-state index contributed by atoms with van der Waals surface area (Å²) < 4.78 is 9.03. The highest BCUT2D eigenvalue weighted by atomic mass is 32.1. The van der Waals surface area contributed by atoms with Crippen molar-refractivity contribution in [1.29, 1.82) is 0 Å². The molecule has 0 saturated heterocycles. The average Bonchev–Trinajstić information content (AvgIpc) is 3.16. The van der Waals surface area contributed by atoms with Crippen LogP contribution in [0, 0.1) is 13.8 Å². The lowest BCUT2D eigenvalue weighted by Crippen LogP contribution is -2.11. The van der Waals surface area contributed by atoms with Crippen LogP contribution in [-0.4, -0.2) is 27.6 Å². The first kappa shape index (κ1) is 15.6. The van der Waals surface area contributed by atoms with E-state index in [1.54, 1.807) is 14.0 Å². The number of nitrogens with zero attached hydrogens (tertiary/aromatic N) is 3. The van der Waals surface area contributed by atoms with Gasteiger partial charge in [-0.2, -0.15) is 0 Å². The Bertz CT molecular complexity index is 857. The van der Waals surface area contributed by atoms with Gasteiger partial charge in [0.1, 0.15) is 10.6 Å². The number of methoxy groups -OCH3 is 1. The van der Waals surface area contributed by atoms with E-state index in [1.807, 2.05) is 30.5 Å². The molecule has 3 rings (SSSR count). The van der Waals surface area contributed by atoms with Crippen LogP contribution in [0.3, 0.4) is 0 Å². The molecule has 0 bridgehead atoms. The van der Waals surface area contributed by atoms with Crippen molar-refractivity contribution in [3.63, 3.8) is 0 Å². The van der Waals surface area contributed by atoms with Crippen molar-refractivity contribution in [2.45, 2.75) is 13.8 Å². The number of hydrogen-bond acceptors (Lipinski definition) is 7. The molecule has 1 N–H and O–H groups in total. The molecule has 0 aliphatic carbocycles. The van der Waals surface area contributed by atoms with Crippen molar-refractivity contribution >= 4 is 33.9 Å². The lowest BCUT2D eigenvalue weighted by Gasteiger charge is -2.05. The van der Waals surface area contributed by atoms with Gasteiger partial charge in [0.15, 0.2) is 5.13 Å². The Balaban J connectivity index is 1.79. The molecule has 2 heterocycles. The number of benzene rings is 1. The van der Waals surface area contributed by atoms with Crippen LogP contribution in [-0.2, 0) is 0 Å². The highest BCUT2D eigenvalue weighted by molar-refractivity contribution is 7.14. The summed E-state index contributed by atoms with van der Waals surface area (Å²) in [7, 11) is 1.65. The number of nitrogens with one attached hydrogen (secondary N) is 1. The highest BCUT2D eigenvalue weighted by Gasteiger charge is 2.15. The molecule has 0 saturated carbocycles. The molecule has 0 fully saturated rings. The molecule has 0 atom stereocenters. The monoisotopic (exact) mass is 346 g/mol. The van der Waals surface area contributed by atoms with Crippen LogP contribution in [0.1, 0.15) is 20.9 Å². The van der Waals surface area contributed by atoms with Gasteiger partial charge in [-0.1, -0.05) is 4.49 Å². The minimum atomic E-state index is -0.232. The van der Waals surface area contributed by atoms with Crippen LogP contribution < -0.4 is 10.1 Å². The number of amides is 1. The lowest BCUT2D eigenvalue weighted by atomic mass is 10.1. The molecule has 6 nitrogen and oxygen atoms in total. The van der Waals surface area contributed by atoms with E-state index in [1.165, 1.54) is 11.3 Å². The maximum absolute atomic E-state index is 12.1. The topological polar surface area (TPSA) is 77.0 Å². The molecule has 0 aliphatic heterocycles. The molecule has 0 spiro atoms. The summed E-state index contributed by atoms with van der Waals surface area (Å²) in [6.07, 6.45) is 0. The van der Waals surface area contributed by atoms with E-state index in [2.05, 4.69) is 19.9 Å². The predicted molar refractivity (Wildman–Crippen MR) is 91.4 cm³/mol. The van der Waals surface area contributed by atoms with Crippen LogP contribution in [0.2, 0.25) is 0 Å². The number of carbonyl (C=O) groups is 1. The zero-order valence-electron chi connectivity index (χ0n) is 12.8. The number of hydrogen-bond donors (Lipinski definition) is 1. The Hall–Kier alpha value is -2.32. The minimum absolute atomic E-state index is 0.232. The summed E-state index contributed by atoms with van der Waals surface area (Å²) in [6, 6.07) is 5.87. The van der Waals surface area contributed by atoms with Crippen LogP contribution in [0.4, 0.5) is 5.13 Å². The third-order valence-corrected chi connectivity index (χ3v) is 4.86. The lowest BCUT2D eigenvalue weighted by molar-refractivity contribution is 0.103. The molecule has 23 heavy (non-hydrogen) atoms. The van der Waals surface area contributed by atoms with E-state index in [4.69, 9.17) is 4.74 Å². The summed E-state index contributed by atoms with van der Waals surface area (Å²) >= 11 is 2.46. The predicted octanol–water partition coefficient (Wildman–Crippen LogP) is 3.54. The smallest absolute Gasteiger partial charge is 0.271 e. The van der Waals surface area contributed by atoms with Crippen LogP contribution in [0.25, 0.3) is 11.3 Å². The van der Waals surface area contributed by atoms with Crippen molar-refractivity contribution in [2.24, 2.45) is 0 Å². The molecule has 3 aromatic rings. The zero-order chi connectivity index (χ0) is 16.4. The van der Waals surface area contributed by atoms with Gasteiger partial charge < -0.3 is 4.74 Å². The molecular weight excluding hydrogens is 332 g/mol. The van der Waals surface area contributed by atoms with E-state index in [-0.39, 0.29) is 5.91 Å². The number of aryl methyl sites for hydroxylation is 2. The van der Waals surface area contributed by atoms with Crippen molar-refractivity contribution in [3.8, 4) is 17.0 Å². The second kappa shape index (κ2) is 6.43. The van der Waals surface area contributed by atoms with Gasteiger partial charge in [-0.15, -0.1) is 16.4 Å². The van der Waals surface area contributed by atoms with Crippen LogP contribution in [0.5, 0.6) is 5.75 Å². The van der Waals surface area contributed by atoms with Gasteiger partial charge in [0, 0.05) is 10.9 Å². The summed E-state index contributed by atoms with van der Waals surface area (Å²) in [4.78, 5) is 17.1. The van der Waals surface area contributed by atoms with Crippen molar-refractivity contribution in [2.75, 3.05) is 12.4 Å². The maximum atomic E-state index is 12.1. The van der Waals surface area contributed by atoms with Gasteiger partial charge >= 0.3 is 0 Å². The fraction of sp³-hybridized carbons (Fsp3) is 0.200. The fourth-order valence-electron chi connectivity index (χ4n) is 2.10. The fourth-order valence-corrected chi connectivity index (χ4v) is 3.36. The van der Waals surface area contributed by atoms with E-state index < -0.39 is 0 Å². The Morgan fingerprint density at radius 1 is 1.30 bits per heavy atom. The second-order valence-electron chi connectivity index (χ2n) is 4.86. The van der Waals surface area contributed by atoms with E-state index in [9.17, 15) is 4.79 Å². The number of aromatic nitrogens is 3. The van der Waals surface area contributed by atoms with Gasteiger partial charge in [0.2, 0.25) is 0 Å². The van der Waals surface area contributed by atoms with Gasteiger partial charge in [0.25, 0.3) is 5.91 Å². The summed E-state index contributed by atoms with van der Waals surface area (Å²) in [6.45, 7) is 3.74. The Morgan fingerprint density at radius 3 is 2.78 bits per heavy atom. The molecule has 118 valence electrons. The van der Waals surface area contributed by atoms with Crippen molar-refractivity contribution in [1.82, 2.24) is 14.6 Å². The number of thiazole rings is 1. The standard InChI is InChI=1S/C15H14N4O2S2/c1-8-6-10(4-5-12(8)21-3)11-7-22-15(16-11)17-14(20)13-9(2)18-19-23-13/h4-7H,1-3H3,(H,16,17,20). The molecule has 0 radical (unpaired) electrons. The third kappa shape index (κ3) is 3.22. The number of carbonyl (C=O) groups excluding carboxylic acids is 1. The molecule has 0 unspecified atom stereocenters. The number of rotatable bonds is 4. The third-order valence-electron chi connectivity index (χ3n) is 3.27. The van der Waals surface area contributed by atoms with Crippen LogP contribution >= 0.6 is 22.9 Å². The Morgan fingerprint density at radius 2 is 2.13 bits per heavy atom. The summed E-state index contributed by atoms with van der Waals surface area (Å²) in [5.74, 6) is 0.606. The SMILES string of the molecule is COc1ccc(-c2csc(NC(=O)c3snnc3C)n2)cc1C. The van der Waals surface area contributed by atoms with Gasteiger partial charge in [0.05, 0.1) is 18.5 Å². The molecule has 2 aromatic heterocycles. The van der Waals surface area contributed by atoms with Gasteiger partial charge in [-0.25, -0.2) is 4.98 Å². The maximum Gasteiger partial charge on any atom is 0.271 e. The number of ether oxygens (including phenoxy) is 1. The summed E-state index contributed by atoms with van der Waals surface area (Å²) in [5, 5.41) is 9.08. The van der Waals surface area contributed by atoms with Crippen LogP contribution in [0.15, 0.2) is 23.6 Å². The largest absolute Gasteiger partial charge is 0.496 e. The average molecular weight is 346 g/mol. The first-order valence-corrected chi connectivity index (χ1v) is 8.44. The zero-order valence-corrected chi connectivity index (χ0v) is 14.4. The Kier molecular flexibility index (Phi) is 4.35. The normalized spacial score (nSPS) is 10.6. The molecular formula is C15H14N4O2S2. The summed E-state index contributed by atoms with van der Waals surface area (Å²) in [5.41, 5.74) is 3.45. The number of anilines is 1. The molecule has 0 aliphatic rings. The Labute approximate surface area is 141 Å². The van der Waals surface area contributed by atoms with Crippen molar-refractivity contribution < 1.29 is 9.53 Å². The highest BCUT2D eigenvalue weighted by Crippen LogP contribution is 2.29. The van der Waals surface area contributed by atoms with E-state index in [0.29, 0.717) is 15.7 Å². The first-order valence-electron chi connectivity index (χ1n) is 6.79. The second-order valence-corrected chi connectivity index (χ2v) is 6.48. The molecule has 1 aromatic carbocycles.